The summed E-state index contributed by atoms with van der Waals surface area (Å²) in [5, 5.41) is 10.0. The summed E-state index contributed by atoms with van der Waals surface area (Å²) in [5.74, 6) is -10.1. The van der Waals surface area contributed by atoms with Gasteiger partial charge in [0, 0.05) is 33.3 Å². The van der Waals surface area contributed by atoms with Crippen molar-refractivity contribution in [1.29, 1.82) is 0 Å². The quantitative estimate of drug-likeness (QED) is 0.503. The van der Waals surface area contributed by atoms with Crippen LogP contribution in [0.4, 0.5) is 22.0 Å². The summed E-state index contributed by atoms with van der Waals surface area (Å²) in [6, 6.07) is 0. The van der Waals surface area contributed by atoms with Gasteiger partial charge < -0.3 is 5.11 Å². The summed E-state index contributed by atoms with van der Waals surface area (Å²) in [4.78, 5) is 0. The second-order valence-electron chi connectivity index (χ2n) is 6.36. The Kier molecular flexibility index (Phi) is 4.25. The maximum Gasteiger partial charge on any atom is 0.200 e. The van der Waals surface area contributed by atoms with Crippen LogP contribution in [0.5, 0.6) is 0 Å². The van der Waals surface area contributed by atoms with Gasteiger partial charge in [0.1, 0.15) is 0 Å². The number of fused-ring (bicyclic) bond motifs is 2. The molecule has 0 aromatic heterocycles. The molecule has 1 aromatic carbocycles. The van der Waals surface area contributed by atoms with Gasteiger partial charge in [-0.25, -0.2) is 22.0 Å². The second kappa shape index (κ2) is 5.81. The Balaban J connectivity index is 1.95. The van der Waals surface area contributed by atoms with Gasteiger partial charge in [-0.1, -0.05) is 6.42 Å². The molecule has 0 aliphatic carbocycles. The van der Waals surface area contributed by atoms with E-state index in [1.807, 2.05) is 0 Å². The van der Waals surface area contributed by atoms with Crippen LogP contribution in [0, 0.1) is 29.1 Å². The van der Waals surface area contributed by atoms with E-state index >= 15 is 0 Å². The highest BCUT2D eigenvalue weighted by Crippen LogP contribution is 2.41. The van der Waals surface area contributed by atoms with E-state index in [2.05, 4.69) is 0 Å². The topological polar surface area (TPSA) is 37.3 Å². The largest absolute Gasteiger partial charge is 0.389 e. The Hall–Kier alpha value is -1.02. The van der Waals surface area contributed by atoms with E-state index in [1.165, 1.54) is 0 Å². The van der Waals surface area contributed by atoms with E-state index in [9.17, 15) is 31.3 Å². The second-order valence-corrected chi connectivity index (χ2v) is 8.35. The number of halogens is 5. The van der Waals surface area contributed by atoms with Gasteiger partial charge in [0.15, 0.2) is 23.3 Å². The SMILES string of the molecule is O=S1C2CCCC1CC(O)(Cc1c(F)c(F)c(F)c(F)c1F)C2. The number of hydrogen-bond acceptors (Lipinski definition) is 2. The van der Waals surface area contributed by atoms with E-state index in [1.54, 1.807) is 0 Å². The fourth-order valence-electron chi connectivity index (χ4n) is 3.66. The molecule has 2 fully saturated rings. The Morgan fingerprint density at radius 1 is 0.913 bits per heavy atom. The van der Waals surface area contributed by atoms with Crippen molar-refractivity contribution in [1.82, 2.24) is 0 Å². The zero-order chi connectivity index (χ0) is 16.9. The van der Waals surface area contributed by atoms with Crippen LogP contribution in [0.1, 0.15) is 37.7 Å². The molecule has 8 heteroatoms. The number of rotatable bonds is 2. The van der Waals surface area contributed by atoms with Gasteiger partial charge in [0.25, 0.3) is 0 Å². The molecule has 0 saturated carbocycles. The van der Waals surface area contributed by atoms with Crippen molar-refractivity contribution < 1.29 is 31.3 Å². The van der Waals surface area contributed by atoms with E-state index in [4.69, 9.17) is 0 Å². The van der Waals surface area contributed by atoms with Gasteiger partial charge in [-0.2, -0.15) is 0 Å². The van der Waals surface area contributed by atoms with Crippen molar-refractivity contribution in [3.05, 3.63) is 34.6 Å². The lowest BCUT2D eigenvalue weighted by Crippen LogP contribution is -2.50. The van der Waals surface area contributed by atoms with Crippen molar-refractivity contribution in [2.24, 2.45) is 0 Å². The number of benzene rings is 1. The lowest BCUT2D eigenvalue weighted by atomic mass is 9.81. The van der Waals surface area contributed by atoms with Gasteiger partial charge in [0.2, 0.25) is 5.82 Å². The Labute approximate surface area is 132 Å². The van der Waals surface area contributed by atoms with Crippen LogP contribution < -0.4 is 0 Å². The predicted molar refractivity (Wildman–Crippen MR) is 73.7 cm³/mol. The molecule has 2 nitrogen and oxygen atoms in total. The standard InChI is InChI=1S/C15H15F5O2S/c16-10-9(11(17)13(19)14(20)12(10)18)6-15(21)4-7-2-1-3-8(5-15)23(7)22/h7-8,21H,1-6H2. The lowest BCUT2D eigenvalue weighted by Gasteiger charge is -2.43. The first-order chi connectivity index (χ1) is 10.7. The molecular weight excluding hydrogens is 339 g/mol. The number of aliphatic hydroxyl groups is 1. The van der Waals surface area contributed by atoms with Gasteiger partial charge in [0.05, 0.1) is 5.60 Å². The minimum atomic E-state index is -2.21. The monoisotopic (exact) mass is 354 g/mol. The minimum Gasteiger partial charge on any atom is -0.389 e. The smallest absolute Gasteiger partial charge is 0.200 e. The zero-order valence-corrected chi connectivity index (χ0v) is 12.9. The molecular formula is C15H15F5O2S. The number of hydrogen-bond donors (Lipinski definition) is 1. The van der Waals surface area contributed by atoms with Gasteiger partial charge in [-0.3, -0.25) is 4.21 Å². The first-order valence-electron chi connectivity index (χ1n) is 7.35. The maximum absolute atomic E-state index is 13.8. The fraction of sp³-hybridized carbons (Fsp3) is 0.600. The van der Waals surface area contributed by atoms with Crippen LogP contribution in [0.3, 0.4) is 0 Å². The van der Waals surface area contributed by atoms with Crippen LogP contribution in [-0.4, -0.2) is 25.4 Å². The molecule has 0 radical (unpaired) electrons. The Morgan fingerprint density at radius 3 is 1.83 bits per heavy atom. The van der Waals surface area contributed by atoms with Crippen molar-refractivity contribution in [2.75, 3.05) is 0 Å². The lowest BCUT2D eigenvalue weighted by molar-refractivity contribution is 0.00957. The molecule has 2 atom stereocenters. The molecule has 2 unspecified atom stereocenters. The third-order valence-electron chi connectivity index (χ3n) is 4.73. The van der Waals surface area contributed by atoms with Crippen LogP contribution in [-0.2, 0) is 17.2 Å². The van der Waals surface area contributed by atoms with Crippen LogP contribution in [0.25, 0.3) is 0 Å². The van der Waals surface area contributed by atoms with E-state index in [0.717, 1.165) is 6.42 Å². The summed E-state index contributed by atoms with van der Waals surface area (Å²) in [5.41, 5.74) is -2.61. The Morgan fingerprint density at radius 2 is 1.35 bits per heavy atom. The molecule has 128 valence electrons. The molecule has 2 bridgehead atoms. The summed E-state index contributed by atoms with van der Waals surface area (Å²) in [7, 11) is -1.12. The van der Waals surface area contributed by atoms with Crippen molar-refractivity contribution in [2.45, 2.75) is 54.6 Å². The van der Waals surface area contributed by atoms with Crippen LogP contribution in [0.15, 0.2) is 0 Å². The van der Waals surface area contributed by atoms with Crippen molar-refractivity contribution in [3.63, 3.8) is 0 Å². The minimum absolute atomic E-state index is 0.0373. The highest BCUT2D eigenvalue weighted by Gasteiger charge is 2.46. The van der Waals surface area contributed by atoms with Gasteiger partial charge >= 0.3 is 0 Å². The molecule has 3 rings (SSSR count). The summed E-state index contributed by atoms with van der Waals surface area (Å²) in [6.07, 6.45) is 1.51. The third kappa shape index (κ3) is 2.80. The molecule has 1 N–H and O–H groups in total. The average Bonchev–Trinajstić information content (AvgIpc) is 2.50. The van der Waals surface area contributed by atoms with Crippen molar-refractivity contribution in [3.8, 4) is 0 Å². The predicted octanol–water partition coefficient (Wildman–Crippen LogP) is 3.12. The molecule has 0 amide bonds. The molecule has 2 saturated heterocycles. The normalized spacial score (nSPS) is 33.7. The summed E-state index contributed by atoms with van der Waals surface area (Å²) in [6.45, 7) is 0. The molecule has 1 aromatic rings. The Bertz CT molecular complexity index is 633. The first-order valence-corrected chi connectivity index (χ1v) is 8.63. The maximum atomic E-state index is 13.8. The molecule has 2 aliphatic heterocycles. The van der Waals surface area contributed by atoms with Crippen LogP contribution in [0.2, 0.25) is 0 Å². The average molecular weight is 354 g/mol. The van der Waals surface area contributed by atoms with Crippen molar-refractivity contribution >= 4 is 10.8 Å². The third-order valence-corrected chi connectivity index (χ3v) is 6.85. The van der Waals surface area contributed by atoms with Gasteiger partial charge in [-0.05, 0) is 25.7 Å². The van der Waals surface area contributed by atoms with E-state index < -0.39 is 57.5 Å². The fourth-order valence-corrected chi connectivity index (χ4v) is 5.95. The zero-order valence-electron chi connectivity index (χ0n) is 12.1. The van der Waals surface area contributed by atoms with E-state index in [0.29, 0.717) is 12.8 Å². The molecule has 23 heavy (non-hydrogen) atoms. The van der Waals surface area contributed by atoms with E-state index in [-0.39, 0.29) is 23.3 Å². The molecule has 2 aliphatic rings. The molecule has 0 spiro atoms. The summed E-state index contributed by atoms with van der Waals surface area (Å²) < 4.78 is 79.4. The highest BCUT2D eigenvalue weighted by atomic mass is 32.2. The van der Waals surface area contributed by atoms with Crippen LogP contribution >= 0.6 is 0 Å². The highest BCUT2D eigenvalue weighted by molar-refractivity contribution is 7.86. The van der Waals surface area contributed by atoms with Gasteiger partial charge in [-0.15, -0.1) is 0 Å². The molecule has 2 heterocycles. The summed E-state index contributed by atoms with van der Waals surface area (Å²) >= 11 is 0. The first kappa shape index (κ1) is 16.8.